The molecule has 0 radical (unpaired) electrons. The third kappa shape index (κ3) is 2.16. The summed E-state index contributed by atoms with van der Waals surface area (Å²) < 4.78 is 28.4. The predicted molar refractivity (Wildman–Crippen MR) is 66.8 cm³/mol. The number of rotatable bonds is 1. The molecule has 0 fully saturated rings. The highest BCUT2D eigenvalue weighted by Gasteiger charge is 2.35. The Bertz CT molecular complexity index is 554. The number of carbonyl (C=O) groups excluding carboxylic acids is 1. The van der Waals surface area contributed by atoms with E-state index < -0.39 is 5.92 Å². The van der Waals surface area contributed by atoms with Crippen LogP contribution >= 0.6 is 0 Å². The quantitative estimate of drug-likeness (QED) is 0.688. The Kier molecular flexibility index (Phi) is 3.24. The first-order valence-corrected chi connectivity index (χ1v) is 5.54. The van der Waals surface area contributed by atoms with Crippen LogP contribution in [0.3, 0.4) is 0 Å². The van der Waals surface area contributed by atoms with Gasteiger partial charge in [0.1, 0.15) is 6.29 Å². The predicted octanol–water partition coefficient (Wildman–Crippen LogP) is 3.82. The molecular formula is C15H12F2O. The second kappa shape index (κ2) is 4.69. The average Bonchev–Trinajstić information content (AvgIpc) is 2.41. The van der Waals surface area contributed by atoms with Crippen LogP contribution in [-0.4, -0.2) is 6.29 Å². The van der Waals surface area contributed by atoms with Crippen molar-refractivity contribution in [2.45, 2.75) is 12.3 Å². The van der Waals surface area contributed by atoms with E-state index in [1.165, 1.54) is 24.3 Å². The Balaban J connectivity index is 2.62. The maximum atomic E-state index is 14.2. The van der Waals surface area contributed by atoms with Crippen LogP contribution in [0.4, 0.5) is 8.78 Å². The molecule has 0 heterocycles. The minimum atomic E-state index is -3.11. The van der Waals surface area contributed by atoms with Crippen LogP contribution in [-0.2, 0) is 12.3 Å². The van der Waals surface area contributed by atoms with Crippen LogP contribution in [0.5, 0.6) is 0 Å². The molecule has 0 amide bonds. The molecule has 0 saturated carbocycles. The zero-order valence-corrected chi connectivity index (χ0v) is 9.70. The first-order valence-electron chi connectivity index (χ1n) is 5.54. The molecule has 0 atom stereocenters. The van der Waals surface area contributed by atoms with E-state index in [9.17, 15) is 13.6 Å². The van der Waals surface area contributed by atoms with E-state index >= 15 is 0 Å². The number of halogens is 2. The van der Waals surface area contributed by atoms with Crippen LogP contribution in [0.15, 0.2) is 54.7 Å². The van der Waals surface area contributed by atoms with Gasteiger partial charge in [-0.15, -0.1) is 0 Å². The molecule has 0 saturated heterocycles. The molecular weight excluding hydrogens is 234 g/mol. The normalized spacial score (nSPS) is 21.1. The lowest BCUT2D eigenvalue weighted by Crippen LogP contribution is -2.17. The fraction of sp³-hybridized carbons (Fsp3) is 0.133. The molecule has 0 unspecified atom stereocenters. The largest absolute Gasteiger partial charge is 0.298 e. The molecule has 3 heteroatoms. The lowest BCUT2D eigenvalue weighted by Gasteiger charge is -2.20. The first kappa shape index (κ1) is 12.4. The molecule has 1 aliphatic carbocycles. The third-order valence-corrected chi connectivity index (χ3v) is 2.89. The number of alkyl halides is 2. The standard InChI is InChI=1S/C15H12F2O/c1-11-5-3-2-4-6-13-9-12(10-18)7-8-14(13)15(11,16)17/h2-5,7-10H,1,6H2/b4-2-,5-3-. The van der Waals surface area contributed by atoms with Crippen LogP contribution in [0.25, 0.3) is 0 Å². The van der Waals surface area contributed by atoms with Crippen LogP contribution in [0, 0.1) is 0 Å². The van der Waals surface area contributed by atoms with Crippen molar-refractivity contribution in [1.29, 1.82) is 0 Å². The molecule has 0 spiro atoms. The van der Waals surface area contributed by atoms with Gasteiger partial charge in [-0.05, 0) is 18.1 Å². The summed E-state index contributed by atoms with van der Waals surface area (Å²) in [5, 5.41) is 0. The summed E-state index contributed by atoms with van der Waals surface area (Å²) in [5.41, 5.74) is 0.505. The Morgan fingerprint density at radius 1 is 1.28 bits per heavy atom. The van der Waals surface area contributed by atoms with Gasteiger partial charge in [0.15, 0.2) is 0 Å². The average molecular weight is 246 g/mol. The third-order valence-electron chi connectivity index (χ3n) is 2.89. The van der Waals surface area contributed by atoms with Gasteiger partial charge in [0, 0.05) is 16.7 Å². The molecule has 2 rings (SSSR count). The van der Waals surface area contributed by atoms with E-state index in [0.717, 1.165) is 0 Å². The van der Waals surface area contributed by atoms with Crippen LogP contribution in [0.1, 0.15) is 21.5 Å². The molecule has 1 aliphatic rings. The van der Waals surface area contributed by atoms with Crippen molar-refractivity contribution in [3.8, 4) is 0 Å². The molecule has 18 heavy (non-hydrogen) atoms. The van der Waals surface area contributed by atoms with Gasteiger partial charge in [-0.25, -0.2) is 0 Å². The van der Waals surface area contributed by atoms with Gasteiger partial charge in [-0.3, -0.25) is 4.79 Å². The minimum absolute atomic E-state index is 0.0886. The zero-order valence-electron chi connectivity index (χ0n) is 9.70. The van der Waals surface area contributed by atoms with Gasteiger partial charge in [0.2, 0.25) is 0 Å². The number of fused-ring (bicyclic) bond motifs is 1. The zero-order chi connectivity index (χ0) is 13.2. The Morgan fingerprint density at radius 3 is 2.78 bits per heavy atom. The van der Waals surface area contributed by atoms with Crippen molar-refractivity contribution in [3.63, 3.8) is 0 Å². The second-order valence-electron chi connectivity index (χ2n) is 4.13. The van der Waals surface area contributed by atoms with Crippen molar-refractivity contribution < 1.29 is 13.6 Å². The molecule has 1 nitrogen and oxygen atoms in total. The number of carbonyl (C=O) groups is 1. The summed E-state index contributed by atoms with van der Waals surface area (Å²) in [5.74, 6) is -3.11. The smallest absolute Gasteiger partial charge is 0.298 e. The Morgan fingerprint density at radius 2 is 2.06 bits per heavy atom. The van der Waals surface area contributed by atoms with Gasteiger partial charge in [-0.1, -0.05) is 43.0 Å². The lowest BCUT2D eigenvalue weighted by molar-refractivity contribution is 0.0417. The minimum Gasteiger partial charge on any atom is -0.298 e. The van der Waals surface area contributed by atoms with Gasteiger partial charge < -0.3 is 0 Å². The highest BCUT2D eigenvalue weighted by Crippen LogP contribution is 2.38. The van der Waals surface area contributed by atoms with E-state index in [2.05, 4.69) is 6.58 Å². The fourth-order valence-corrected chi connectivity index (χ4v) is 1.89. The van der Waals surface area contributed by atoms with E-state index in [1.54, 1.807) is 18.2 Å². The number of hydrogen-bond donors (Lipinski definition) is 0. The molecule has 0 aromatic heterocycles. The summed E-state index contributed by atoms with van der Waals surface area (Å²) in [6.07, 6.45) is 7.34. The topological polar surface area (TPSA) is 17.1 Å². The first-order chi connectivity index (χ1) is 8.55. The van der Waals surface area contributed by atoms with E-state index in [-0.39, 0.29) is 11.1 Å². The maximum Gasteiger partial charge on any atom is 0.298 e. The number of benzene rings is 1. The van der Waals surface area contributed by atoms with Crippen molar-refractivity contribution in [2.24, 2.45) is 0 Å². The Labute approximate surface area is 104 Å². The maximum absolute atomic E-state index is 14.2. The van der Waals surface area contributed by atoms with Crippen LogP contribution < -0.4 is 0 Å². The molecule has 0 aliphatic heterocycles. The monoisotopic (exact) mass is 246 g/mol. The summed E-state index contributed by atoms with van der Waals surface area (Å²) in [6.45, 7) is 3.41. The SMILES string of the molecule is C=C1/C=C\C=C/Cc2cc(C=O)ccc2C1(F)F. The van der Waals surface area contributed by atoms with Gasteiger partial charge in [0.05, 0.1) is 0 Å². The summed E-state index contributed by atoms with van der Waals surface area (Å²) in [7, 11) is 0. The van der Waals surface area contributed by atoms with E-state index in [0.29, 0.717) is 23.8 Å². The highest BCUT2D eigenvalue weighted by atomic mass is 19.3. The van der Waals surface area contributed by atoms with Crippen molar-refractivity contribution in [3.05, 3.63) is 71.3 Å². The van der Waals surface area contributed by atoms with Gasteiger partial charge in [0.25, 0.3) is 5.92 Å². The highest BCUT2D eigenvalue weighted by molar-refractivity contribution is 5.75. The number of hydrogen-bond acceptors (Lipinski definition) is 1. The van der Waals surface area contributed by atoms with Crippen molar-refractivity contribution in [2.75, 3.05) is 0 Å². The van der Waals surface area contributed by atoms with Crippen LogP contribution in [0.2, 0.25) is 0 Å². The molecule has 92 valence electrons. The van der Waals surface area contributed by atoms with Crippen molar-refractivity contribution >= 4 is 6.29 Å². The molecule has 1 aromatic carbocycles. The van der Waals surface area contributed by atoms with E-state index in [4.69, 9.17) is 0 Å². The molecule has 1 aromatic rings. The lowest BCUT2D eigenvalue weighted by atomic mass is 9.93. The number of aldehydes is 1. The van der Waals surface area contributed by atoms with Crippen molar-refractivity contribution in [1.82, 2.24) is 0 Å². The number of allylic oxidation sites excluding steroid dienone is 5. The van der Waals surface area contributed by atoms with E-state index in [1.807, 2.05) is 0 Å². The summed E-state index contributed by atoms with van der Waals surface area (Å²) in [6, 6.07) is 4.20. The molecule has 0 N–H and O–H groups in total. The van der Waals surface area contributed by atoms with Gasteiger partial charge in [-0.2, -0.15) is 8.78 Å². The summed E-state index contributed by atoms with van der Waals surface area (Å²) in [4.78, 5) is 10.7. The molecule has 0 bridgehead atoms. The fourth-order valence-electron chi connectivity index (χ4n) is 1.89. The summed E-state index contributed by atoms with van der Waals surface area (Å²) >= 11 is 0. The van der Waals surface area contributed by atoms with Gasteiger partial charge >= 0.3 is 0 Å². The Hall–Kier alpha value is -2.03. The second-order valence-corrected chi connectivity index (χ2v) is 4.13.